The summed E-state index contributed by atoms with van der Waals surface area (Å²) in [5.41, 5.74) is 2.05. The summed E-state index contributed by atoms with van der Waals surface area (Å²) in [6.45, 7) is 1.86. The summed E-state index contributed by atoms with van der Waals surface area (Å²) in [6, 6.07) is 13.6. The Morgan fingerprint density at radius 3 is 2.68 bits per heavy atom. The molecule has 1 aromatic heterocycles. The molecule has 162 valence electrons. The van der Waals surface area contributed by atoms with Crippen LogP contribution >= 0.6 is 11.8 Å². The van der Waals surface area contributed by atoms with Gasteiger partial charge in [-0.2, -0.15) is 8.78 Å². The zero-order valence-electron chi connectivity index (χ0n) is 16.5. The van der Waals surface area contributed by atoms with Crippen molar-refractivity contribution < 1.29 is 23.1 Å². The number of halogens is 2. The number of nitrogens with zero attached hydrogens (tertiary/aromatic N) is 3. The minimum Gasteiger partial charge on any atom is -0.378 e. The van der Waals surface area contributed by atoms with Gasteiger partial charge in [0.15, 0.2) is 5.16 Å². The van der Waals surface area contributed by atoms with E-state index in [4.69, 9.17) is 4.74 Å². The Labute approximate surface area is 181 Å². The molecule has 0 saturated carbocycles. The molecule has 1 saturated heterocycles. The van der Waals surface area contributed by atoms with Crippen molar-refractivity contribution in [3.63, 3.8) is 0 Å². The predicted molar refractivity (Wildman–Crippen MR) is 113 cm³/mol. The Morgan fingerprint density at radius 2 is 1.90 bits per heavy atom. The van der Waals surface area contributed by atoms with Crippen molar-refractivity contribution in [2.75, 3.05) is 31.6 Å². The molecule has 0 bridgehead atoms. The molecule has 0 aliphatic carbocycles. The summed E-state index contributed by atoms with van der Waals surface area (Å²) in [4.78, 5) is 31.2. The third-order valence-corrected chi connectivity index (χ3v) is 5.51. The summed E-state index contributed by atoms with van der Waals surface area (Å²) in [6.07, 6.45) is 0. The molecule has 2 aromatic carbocycles. The molecule has 0 radical (unpaired) electrons. The molecule has 4 rings (SSSR count). The average Bonchev–Trinajstić information content (AvgIpc) is 3.10. The van der Waals surface area contributed by atoms with Gasteiger partial charge in [0.1, 0.15) is 6.54 Å². The van der Waals surface area contributed by atoms with Gasteiger partial charge in [-0.15, -0.1) is 0 Å². The lowest BCUT2D eigenvalue weighted by atomic mass is 10.1. The Bertz CT molecular complexity index is 1100. The van der Waals surface area contributed by atoms with E-state index in [0.717, 1.165) is 0 Å². The number of anilines is 1. The Morgan fingerprint density at radius 1 is 1.13 bits per heavy atom. The summed E-state index contributed by atoms with van der Waals surface area (Å²) < 4.78 is 32.6. The van der Waals surface area contributed by atoms with Crippen LogP contribution in [0.4, 0.5) is 14.5 Å². The second-order valence-corrected chi connectivity index (χ2v) is 7.84. The van der Waals surface area contributed by atoms with Gasteiger partial charge in [-0.25, -0.2) is 4.98 Å². The van der Waals surface area contributed by atoms with Gasteiger partial charge in [-0.1, -0.05) is 18.2 Å². The maximum absolute atomic E-state index is 13.0. The molecule has 10 heteroatoms. The fourth-order valence-electron chi connectivity index (χ4n) is 3.40. The van der Waals surface area contributed by atoms with Crippen molar-refractivity contribution in [1.82, 2.24) is 14.5 Å². The second-order valence-electron chi connectivity index (χ2n) is 6.88. The number of rotatable bonds is 6. The highest BCUT2D eigenvalue weighted by Gasteiger charge is 2.20. The van der Waals surface area contributed by atoms with Crippen molar-refractivity contribution >= 4 is 40.3 Å². The van der Waals surface area contributed by atoms with Gasteiger partial charge in [0, 0.05) is 24.3 Å². The van der Waals surface area contributed by atoms with Crippen LogP contribution in [0.3, 0.4) is 0 Å². The van der Waals surface area contributed by atoms with Crippen molar-refractivity contribution in [3.8, 4) is 0 Å². The molecule has 1 fully saturated rings. The number of nitrogens with one attached hydrogen (secondary N) is 1. The normalized spacial score (nSPS) is 14.2. The van der Waals surface area contributed by atoms with Crippen LogP contribution in [0.2, 0.25) is 0 Å². The monoisotopic (exact) mass is 446 g/mol. The van der Waals surface area contributed by atoms with E-state index in [0.29, 0.717) is 60.3 Å². The molecule has 7 nitrogen and oxygen atoms in total. The molecular weight excluding hydrogens is 426 g/mol. The van der Waals surface area contributed by atoms with Crippen LogP contribution in [-0.4, -0.2) is 58.3 Å². The molecule has 2 heterocycles. The third-order valence-electron chi connectivity index (χ3n) is 4.81. The standard InChI is InChI=1S/C21H20F2N4O3S/c22-20(23)31-21-25-16-6-1-2-7-17(16)27(21)13-18(28)24-15-5-3-4-14(12-15)19(29)26-8-10-30-11-9-26/h1-7,12,20H,8-11,13H2,(H,24,28). The van der Waals surface area contributed by atoms with E-state index in [1.807, 2.05) is 0 Å². The van der Waals surface area contributed by atoms with E-state index in [2.05, 4.69) is 10.3 Å². The van der Waals surface area contributed by atoms with Crippen molar-refractivity contribution in [1.29, 1.82) is 0 Å². The van der Waals surface area contributed by atoms with E-state index in [1.165, 1.54) is 4.57 Å². The van der Waals surface area contributed by atoms with Crippen LogP contribution in [0.1, 0.15) is 10.4 Å². The minimum absolute atomic E-state index is 0.0718. The summed E-state index contributed by atoms with van der Waals surface area (Å²) in [7, 11) is 0. The number of thioether (sulfide) groups is 1. The van der Waals surface area contributed by atoms with Gasteiger partial charge in [-0.05, 0) is 42.1 Å². The molecule has 0 atom stereocenters. The molecule has 1 aliphatic heterocycles. The number of hydrogen-bond donors (Lipinski definition) is 1. The lowest BCUT2D eigenvalue weighted by molar-refractivity contribution is -0.116. The molecule has 0 spiro atoms. The van der Waals surface area contributed by atoms with Crippen LogP contribution < -0.4 is 5.32 Å². The van der Waals surface area contributed by atoms with Gasteiger partial charge < -0.3 is 19.5 Å². The summed E-state index contributed by atoms with van der Waals surface area (Å²) in [5.74, 6) is -3.19. The highest BCUT2D eigenvalue weighted by Crippen LogP contribution is 2.28. The largest absolute Gasteiger partial charge is 0.378 e. The van der Waals surface area contributed by atoms with Crippen LogP contribution in [0.25, 0.3) is 11.0 Å². The van der Waals surface area contributed by atoms with Crippen molar-refractivity contribution in [3.05, 3.63) is 54.1 Å². The number of hydrogen-bond acceptors (Lipinski definition) is 5. The molecule has 1 aliphatic rings. The van der Waals surface area contributed by atoms with E-state index in [-0.39, 0.29) is 17.6 Å². The number of ether oxygens (including phenoxy) is 1. The van der Waals surface area contributed by atoms with Gasteiger partial charge in [0.25, 0.3) is 11.7 Å². The van der Waals surface area contributed by atoms with Gasteiger partial charge in [0.05, 0.1) is 24.2 Å². The first-order chi connectivity index (χ1) is 15.0. The van der Waals surface area contributed by atoms with Gasteiger partial charge in [-0.3, -0.25) is 9.59 Å². The topological polar surface area (TPSA) is 76.5 Å². The SMILES string of the molecule is O=C(Cn1c(SC(F)F)nc2ccccc21)Nc1cccc(C(=O)N2CCOCC2)c1. The quantitative estimate of drug-likeness (QED) is 0.587. The molecular formula is C21H20F2N4O3S. The lowest BCUT2D eigenvalue weighted by Gasteiger charge is -2.27. The molecule has 3 aromatic rings. The lowest BCUT2D eigenvalue weighted by Crippen LogP contribution is -2.40. The first-order valence-corrected chi connectivity index (χ1v) is 10.6. The van der Waals surface area contributed by atoms with Crippen LogP contribution in [0, 0.1) is 0 Å². The average molecular weight is 446 g/mol. The summed E-state index contributed by atoms with van der Waals surface area (Å²) in [5, 5.41) is 2.82. The predicted octanol–water partition coefficient (Wildman–Crippen LogP) is 3.46. The van der Waals surface area contributed by atoms with E-state index < -0.39 is 11.7 Å². The third kappa shape index (κ3) is 5.02. The Balaban J connectivity index is 1.50. The molecule has 31 heavy (non-hydrogen) atoms. The first kappa shape index (κ1) is 21.3. The number of benzene rings is 2. The number of fused-ring (bicyclic) bond motifs is 1. The molecule has 2 amide bonds. The molecule has 0 unspecified atom stereocenters. The fraction of sp³-hybridized carbons (Fsp3) is 0.286. The zero-order valence-corrected chi connectivity index (χ0v) is 17.3. The van der Waals surface area contributed by atoms with Gasteiger partial charge in [0.2, 0.25) is 5.91 Å². The van der Waals surface area contributed by atoms with Crippen molar-refractivity contribution in [2.45, 2.75) is 17.5 Å². The highest BCUT2D eigenvalue weighted by molar-refractivity contribution is 7.99. The van der Waals surface area contributed by atoms with Crippen LogP contribution in [0.5, 0.6) is 0 Å². The highest BCUT2D eigenvalue weighted by atomic mass is 32.2. The smallest absolute Gasteiger partial charge is 0.291 e. The first-order valence-electron chi connectivity index (χ1n) is 9.68. The number of carbonyl (C=O) groups excluding carboxylic acids is 2. The number of amides is 2. The van der Waals surface area contributed by atoms with E-state index in [1.54, 1.807) is 53.4 Å². The van der Waals surface area contributed by atoms with Crippen molar-refractivity contribution in [2.24, 2.45) is 0 Å². The van der Waals surface area contributed by atoms with Gasteiger partial charge >= 0.3 is 0 Å². The minimum atomic E-state index is -2.65. The Hall–Kier alpha value is -2.98. The zero-order chi connectivity index (χ0) is 21.8. The number of alkyl halides is 2. The fourth-order valence-corrected chi connectivity index (χ4v) is 4.00. The van der Waals surface area contributed by atoms with Crippen LogP contribution in [0.15, 0.2) is 53.7 Å². The number of para-hydroxylation sites is 2. The maximum atomic E-state index is 13.0. The number of morpholine rings is 1. The number of carbonyl (C=O) groups is 2. The van der Waals surface area contributed by atoms with Crippen LogP contribution in [-0.2, 0) is 16.1 Å². The van der Waals surface area contributed by atoms with E-state index in [9.17, 15) is 18.4 Å². The maximum Gasteiger partial charge on any atom is 0.291 e. The van der Waals surface area contributed by atoms with E-state index >= 15 is 0 Å². The summed E-state index contributed by atoms with van der Waals surface area (Å²) >= 11 is 0.299. The number of imidazole rings is 1. The second kappa shape index (κ2) is 9.44. The number of aromatic nitrogens is 2. The molecule has 1 N–H and O–H groups in total. The Kier molecular flexibility index (Phi) is 6.47.